The van der Waals surface area contributed by atoms with Crippen LogP contribution < -0.4 is 23.7 Å². The average molecular weight is 625 g/mol. The number of hydrogen-bond acceptors (Lipinski definition) is 11. The van der Waals surface area contributed by atoms with E-state index in [1.165, 1.54) is 14.2 Å². The van der Waals surface area contributed by atoms with Crippen molar-refractivity contribution in [1.82, 2.24) is 0 Å². The van der Waals surface area contributed by atoms with Crippen LogP contribution in [-0.4, -0.2) is 70.4 Å². The van der Waals surface area contributed by atoms with Gasteiger partial charge in [0.15, 0.2) is 46.4 Å². The molecule has 11 nitrogen and oxygen atoms in total. The molecule has 0 spiro atoms. The summed E-state index contributed by atoms with van der Waals surface area (Å²) in [5.74, 6) is 1.54. The summed E-state index contributed by atoms with van der Waals surface area (Å²) in [6.45, 7) is 4.93. The summed E-state index contributed by atoms with van der Waals surface area (Å²) in [7, 11) is 6.18. The highest BCUT2D eigenvalue weighted by Crippen LogP contribution is 2.53. The molecule has 3 aromatic rings. The third kappa shape index (κ3) is 5.93. The van der Waals surface area contributed by atoms with E-state index in [1.807, 2.05) is 38.1 Å². The third-order valence-electron chi connectivity index (χ3n) is 8.75. The standard InChI is InChI=1S/C34H40O11/c1-34(2)43-17-29(32(45-34)19-8-10-24(36)26(12-19)38-4)44-33-27(39-5)13-20(14-28(33)40-6)31-22-16-41-30(21(22)15-42-31)18-7-9-23(35)25(11-18)37-3/h7-14,21-22,29-32,35-36H,15-17H2,1-6H3/t21-,22-,29+,30+,31+,32-/m0/s1. The molecule has 0 radical (unpaired) electrons. The van der Waals surface area contributed by atoms with E-state index in [4.69, 9.17) is 42.6 Å². The minimum absolute atomic E-state index is 0.0297. The van der Waals surface area contributed by atoms with Gasteiger partial charge in [-0.3, -0.25) is 0 Å². The van der Waals surface area contributed by atoms with Crippen LogP contribution in [0, 0.1) is 11.8 Å². The van der Waals surface area contributed by atoms with E-state index in [2.05, 4.69) is 0 Å². The van der Waals surface area contributed by atoms with Crippen molar-refractivity contribution in [1.29, 1.82) is 0 Å². The van der Waals surface area contributed by atoms with Crippen molar-refractivity contribution in [3.8, 4) is 40.2 Å². The highest BCUT2D eigenvalue weighted by atomic mass is 16.7. The lowest BCUT2D eigenvalue weighted by Crippen LogP contribution is -2.46. The predicted octanol–water partition coefficient (Wildman–Crippen LogP) is 5.48. The molecule has 242 valence electrons. The lowest BCUT2D eigenvalue weighted by atomic mass is 9.84. The summed E-state index contributed by atoms with van der Waals surface area (Å²) in [5, 5.41) is 20.2. The zero-order chi connectivity index (χ0) is 31.9. The molecule has 0 saturated carbocycles. The average Bonchev–Trinajstić information content (AvgIpc) is 3.65. The van der Waals surface area contributed by atoms with E-state index in [0.717, 1.165) is 16.7 Å². The smallest absolute Gasteiger partial charge is 0.204 e. The number of rotatable bonds is 9. The van der Waals surface area contributed by atoms with Crippen LogP contribution in [0.15, 0.2) is 48.5 Å². The molecule has 0 bridgehead atoms. The molecule has 6 rings (SSSR count). The molecule has 6 atom stereocenters. The maximum atomic E-state index is 10.2. The lowest BCUT2D eigenvalue weighted by Gasteiger charge is -2.41. The van der Waals surface area contributed by atoms with E-state index in [0.29, 0.717) is 42.0 Å². The van der Waals surface area contributed by atoms with Crippen molar-refractivity contribution in [3.63, 3.8) is 0 Å². The Bertz CT molecular complexity index is 1500. The first kappa shape index (κ1) is 31.1. The monoisotopic (exact) mass is 624 g/mol. The van der Waals surface area contributed by atoms with Crippen LogP contribution >= 0.6 is 0 Å². The molecular formula is C34H40O11. The van der Waals surface area contributed by atoms with E-state index in [-0.39, 0.29) is 42.1 Å². The number of fused-ring (bicyclic) bond motifs is 1. The summed E-state index contributed by atoms with van der Waals surface area (Å²) >= 11 is 0. The first-order chi connectivity index (χ1) is 21.7. The van der Waals surface area contributed by atoms with Gasteiger partial charge in [-0.2, -0.15) is 0 Å². The minimum Gasteiger partial charge on any atom is -0.504 e. The molecule has 11 heteroatoms. The van der Waals surface area contributed by atoms with Crippen molar-refractivity contribution in [2.75, 3.05) is 48.3 Å². The van der Waals surface area contributed by atoms with Crippen molar-refractivity contribution in [2.45, 2.75) is 44.1 Å². The molecule has 0 unspecified atom stereocenters. The summed E-state index contributed by atoms with van der Waals surface area (Å²) in [5.41, 5.74) is 2.57. The Morgan fingerprint density at radius 2 is 1.09 bits per heavy atom. The van der Waals surface area contributed by atoms with Gasteiger partial charge in [0.1, 0.15) is 6.10 Å². The van der Waals surface area contributed by atoms with Gasteiger partial charge in [-0.1, -0.05) is 12.1 Å². The Kier molecular flexibility index (Phi) is 8.62. The summed E-state index contributed by atoms with van der Waals surface area (Å²) in [6, 6.07) is 14.2. The molecule has 3 fully saturated rings. The number of hydrogen-bond donors (Lipinski definition) is 2. The number of ether oxygens (including phenoxy) is 9. The summed E-state index contributed by atoms with van der Waals surface area (Å²) < 4.78 is 53.9. The minimum atomic E-state index is -0.865. The van der Waals surface area contributed by atoms with Gasteiger partial charge in [0.05, 0.1) is 60.5 Å². The van der Waals surface area contributed by atoms with Crippen LogP contribution in [0.4, 0.5) is 0 Å². The van der Waals surface area contributed by atoms with Crippen LogP contribution in [0.5, 0.6) is 40.2 Å². The van der Waals surface area contributed by atoms with Gasteiger partial charge in [-0.05, 0) is 66.9 Å². The Hall–Kier alpha value is -3.90. The van der Waals surface area contributed by atoms with Crippen molar-refractivity contribution in [3.05, 3.63) is 65.2 Å². The first-order valence-corrected chi connectivity index (χ1v) is 14.9. The normalized spacial score (nSPS) is 27.1. The quantitative estimate of drug-likeness (QED) is 0.315. The Morgan fingerprint density at radius 1 is 0.622 bits per heavy atom. The molecule has 3 aromatic carbocycles. The maximum Gasteiger partial charge on any atom is 0.204 e. The maximum absolute atomic E-state index is 10.2. The number of phenolic OH excluding ortho intramolecular Hbond substituents is 2. The topological polar surface area (TPSA) is 124 Å². The fourth-order valence-electron chi connectivity index (χ4n) is 6.47. The fourth-order valence-corrected chi connectivity index (χ4v) is 6.47. The van der Waals surface area contributed by atoms with Crippen LogP contribution in [0.1, 0.15) is 48.8 Å². The number of benzene rings is 3. The van der Waals surface area contributed by atoms with Gasteiger partial charge in [0.2, 0.25) is 5.75 Å². The van der Waals surface area contributed by atoms with Crippen molar-refractivity contribution >= 4 is 0 Å². The summed E-state index contributed by atoms with van der Waals surface area (Å²) in [6.07, 6.45) is -1.58. The predicted molar refractivity (Wildman–Crippen MR) is 162 cm³/mol. The Balaban J connectivity index is 1.27. The summed E-state index contributed by atoms with van der Waals surface area (Å²) in [4.78, 5) is 0. The molecule has 3 aliphatic rings. The van der Waals surface area contributed by atoms with Gasteiger partial charge >= 0.3 is 0 Å². The van der Waals surface area contributed by atoms with E-state index < -0.39 is 18.0 Å². The zero-order valence-electron chi connectivity index (χ0n) is 26.3. The zero-order valence-corrected chi connectivity index (χ0v) is 26.3. The highest BCUT2D eigenvalue weighted by Gasteiger charge is 2.49. The second-order valence-corrected chi connectivity index (χ2v) is 11.9. The van der Waals surface area contributed by atoms with E-state index in [9.17, 15) is 10.2 Å². The second-order valence-electron chi connectivity index (χ2n) is 11.9. The van der Waals surface area contributed by atoms with Crippen LogP contribution in [0.25, 0.3) is 0 Å². The fraction of sp³-hybridized carbons (Fsp3) is 0.471. The number of methoxy groups -OCH3 is 4. The van der Waals surface area contributed by atoms with Gasteiger partial charge in [0.25, 0.3) is 0 Å². The van der Waals surface area contributed by atoms with Gasteiger partial charge in [-0.25, -0.2) is 0 Å². The number of aromatic hydroxyl groups is 2. The highest BCUT2D eigenvalue weighted by molar-refractivity contribution is 5.55. The van der Waals surface area contributed by atoms with Gasteiger partial charge < -0.3 is 52.8 Å². The first-order valence-electron chi connectivity index (χ1n) is 14.9. The molecule has 2 N–H and O–H groups in total. The van der Waals surface area contributed by atoms with Gasteiger partial charge in [-0.15, -0.1) is 0 Å². The molecule has 0 aromatic heterocycles. The third-order valence-corrected chi connectivity index (χ3v) is 8.75. The van der Waals surface area contributed by atoms with E-state index in [1.54, 1.807) is 38.5 Å². The Labute approximate surface area is 262 Å². The molecule has 45 heavy (non-hydrogen) atoms. The molecular weight excluding hydrogens is 584 g/mol. The molecule has 3 heterocycles. The largest absolute Gasteiger partial charge is 0.504 e. The lowest BCUT2D eigenvalue weighted by molar-refractivity contribution is -0.302. The van der Waals surface area contributed by atoms with Gasteiger partial charge in [0, 0.05) is 11.8 Å². The van der Waals surface area contributed by atoms with Crippen molar-refractivity contribution in [2.24, 2.45) is 11.8 Å². The SMILES string of the molecule is COc1cc([C@H]2OC[C@H]3[C@@H]2CO[C@@H]3c2cc(OC)c(O[C@@H]3COC(C)(C)O[C@H]3c3ccc(O)c(OC)c3)c(OC)c2)ccc1O. The molecule has 3 saturated heterocycles. The molecule has 3 aliphatic heterocycles. The van der Waals surface area contributed by atoms with Crippen LogP contribution in [0.2, 0.25) is 0 Å². The van der Waals surface area contributed by atoms with E-state index >= 15 is 0 Å². The second kappa shape index (κ2) is 12.5. The Morgan fingerprint density at radius 3 is 1.60 bits per heavy atom. The van der Waals surface area contributed by atoms with Crippen LogP contribution in [-0.2, 0) is 18.9 Å². The molecule has 0 aliphatic carbocycles. The van der Waals surface area contributed by atoms with Crippen molar-refractivity contribution < 1.29 is 52.8 Å². The van der Waals surface area contributed by atoms with Crippen LogP contribution in [0.3, 0.4) is 0 Å². The number of phenols is 2. The molecule has 0 amide bonds.